The number of hydrogen-bond acceptors (Lipinski definition) is 3. The Morgan fingerprint density at radius 1 is 0.971 bits per heavy atom. The summed E-state index contributed by atoms with van der Waals surface area (Å²) < 4.78 is 19.3. The predicted molar refractivity (Wildman–Crippen MR) is 131 cm³/mol. The third kappa shape index (κ3) is 6.91. The van der Waals surface area contributed by atoms with E-state index in [9.17, 15) is 14.0 Å². The van der Waals surface area contributed by atoms with Crippen LogP contribution in [0.5, 0.6) is 5.75 Å². The van der Waals surface area contributed by atoms with E-state index in [4.69, 9.17) is 4.74 Å². The van der Waals surface area contributed by atoms with E-state index in [2.05, 4.69) is 5.32 Å². The number of ether oxygens (including phenoxy) is 1. The first kappa shape index (κ1) is 25.0. The molecule has 178 valence electrons. The zero-order valence-electron chi connectivity index (χ0n) is 19.9. The van der Waals surface area contributed by atoms with Crippen LogP contribution in [0.1, 0.15) is 29.2 Å². The van der Waals surface area contributed by atoms with E-state index < -0.39 is 6.04 Å². The van der Waals surface area contributed by atoms with Crippen LogP contribution < -0.4 is 10.1 Å². The maximum absolute atomic E-state index is 13.5. The lowest BCUT2D eigenvalue weighted by Gasteiger charge is -2.31. The second-order valence-corrected chi connectivity index (χ2v) is 8.31. The number of likely N-dealkylation sites (N-methyl/N-ethyl adjacent to an activating group) is 1. The van der Waals surface area contributed by atoms with Gasteiger partial charge in [-0.2, -0.15) is 0 Å². The van der Waals surface area contributed by atoms with E-state index in [1.54, 1.807) is 12.1 Å². The zero-order chi connectivity index (χ0) is 24.5. The summed E-state index contributed by atoms with van der Waals surface area (Å²) in [5.74, 6) is -0.299. The molecule has 0 aliphatic heterocycles. The largest absolute Gasteiger partial charge is 0.483 e. The molecule has 0 aromatic heterocycles. The Kier molecular flexibility index (Phi) is 8.79. The number of rotatable bonds is 10. The summed E-state index contributed by atoms with van der Waals surface area (Å²) in [6.45, 7) is 6.15. The molecule has 5 nitrogen and oxygen atoms in total. The summed E-state index contributed by atoms with van der Waals surface area (Å²) in [5.41, 5.74) is 3.70. The number of nitrogens with one attached hydrogen (secondary N) is 1. The molecule has 0 saturated heterocycles. The van der Waals surface area contributed by atoms with Gasteiger partial charge in [-0.3, -0.25) is 9.59 Å². The third-order valence-electron chi connectivity index (χ3n) is 5.57. The van der Waals surface area contributed by atoms with E-state index in [-0.39, 0.29) is 30.8 Å². The highest BCUT2D eigenvalue weighted by atomic mass is 19.1. The van der Waals surface area contributed by atoms with Gasteiger partial charge in [0.25, 0.3) is 5.91 Å². The SMILES string of the molecule is CCNC(=O)C(Cc1ccccc1)N(Cc1ccc(F)cc1)C(=O)COc1ccc(C)cc1C. The van der Waals surface area contributed by atoms with Crippen molar-refractivity contribution in [2.45, 2.75) is 39.8 Å². The van der Waals surface area contributed by atoms with E-state index >= 15 is 0 Å². The molecular weight excluding hydrogens is 431 g/mol. The van der Waals surface area contributed by atoms with Crippen molar-refractivity contribution >= 4 is 11.8 Å². The molecular formula is C28H31FN2O3. The molecule has 0 bridgehead atoms. The van der Waals surface area contributed by atoms with Gasteiger partial charge in [0.1, 0.15) is 17.6 Å². The van der Waals surface area contributed by atoms with Crippen LogP contribution >= 0.6 is 0 Å². The first-order valence-electron chi connectivity index (χ1n) is 11.4. The maximum Gasteiger partial charge on any atom is 0.261 e. The fourth-order valence-electron chi connectivity index (χ4n) is 3.82. The molecule has 34 heavy (non-hydrogen) atoms. The molecule has 1 atom stereocenters. The summed E-state index contributed by atoms with van der Waals surface area (Å²) in [6.07, 6.45) is 0.350. The summed E-state index contributed by atoms with van der Waals surface area (Å²) in [6, 6.07) is 20.5. The number of hydrogen-bond donors (Lipinski definition) is 1. The monoisotopic (exact) mass is 462 g/mol. The van der Waals surface area contributed by atoms with Gasteiger partial charge in [0.05, 0.1) is 0 Å². The van der Waals surface area contributed by atoms with Gasteiger partial charge in [-0.1, -0.05) is 60.2 Å². The van der Waals surface area contributed by atoms with Crippen LogP contribution in [-0.2, 0) is 22.6 Å². The van der Waals surface area contributed by atoms with Crippen molar-refractivity contribution in [3.05, 3.63) is 101 Å². The average Bonchev–Trinajstić information content (AvgIpc) is 2.82. The highest BCUT2D eigenvalue weighted by Gasteiger charge is 2.30. The zero-order valence-corrected chi connectivity index (χ0v) is 19.9. The fourth-order valence-corrected chi connectivity index (χ4v) is 3.82. The van der Waals surface area contributed by atoms with E-state index in [0.717, 1.165) is 22.3 Å². The minimum Gasteiger partial charge on any atom is -0.483 e. The first-order chi connectivity index (χ1) is 16.4. The van der Waals surface area contributed by atoms with Gasteiger partial charge in [-0.05, 0) is 55.7 Å². The molecule has 3 aromatic rings. The molecule has 2 amide bonds. The minimum atomic E-state index is -0.748. The number of carbonyl (C=O) groups is 2. The molecule has 0 saturated carbocycles. The van der Waals surface area contributed by atoms with Gasteiger partial charge in [0, 0.05) is 19.5 Å². The van der Waals surface area contributed by atoms with Crippen molar-refractivity contribution in [2.75, 3.05) is 13.2 Å². The summed E-state index contributed by atoms with van der Waals surface area (Å²) >= 11 is 0. The van der Waals surface area contributed by atoms with Gasteiger partial charge >= 0.3 is 0 Å². The molecule has 1 N–H and O–H groups in total. The van der Waals surface area contributed by atoms with Crippen LogP contribution in [-0.4, -0.2) is 35.9 Å². The Balaban J connectivity index is 1.89. The smallest absolute Gasteiger partial charge is 0.261 e. The van der Waals surface area contributed by atoms with Gasteiger partial charge in [-0.15, -0.1) is 0 Å². The van der Waals surface area contributed by atoms with E-state index in [0.29, 0.717) is 18.7 Å². The summed E-state index contributed by atoms with van der Waals surface area (Å²) in [5, 5.41) is 2.85. The molecule has 3 aromatic carbocycles. The molecule has 6 heteroatoms. The number of amides is 2. The summed E-state index contributed by atoms with van der Waals surface area (Å²) in [7, 11) is 0. The normalized spacial score (nSPS) is 11.5. The average molecular weight is 463 g/mol. The fraction of sp³-hybridized carbons (Fsp3) is 0.286. The maximum atomic E-state index is 13.5. The Morgan fingerprint density at radius 2 is 1.68 bits per heavy atom. The van der Waals surface area contributed by atoms with Gasteiger partial charge in [0.15, 0.2) is 6.61 Å². The Morgan fingerprint density at radius 3 is 2.32 bits per heavy atom. The number of carbonyl (C=O) groups excluding carboxylic acids is 2. The molecule has 3 rings (SSSR count). The van der Waals surface area contributed by atoms with Gasteiger partial charge in [-0.25, -0.2) is 4.39 Å². The number of benzene rings is 3. The lowest BCUT2D eigenvalue weighted by molar-refractivity contribution is -0.142. The Bertz CT molecular complexity index is 1100. The predicted octanol–water partition coefficient (Wildman–Crippen LogP) is 4.60. The third-order valence-corrected chi connectivity index (χ3v) is 5.57. The Labute approximate surface area is 200 Å². The molecule has 0 fully saturated rings. The van der Waals surface area contributed by atoms with Crippen LogP contribution in [0.4, 0.5) is 4.39 Å². The van der Waals surface area contributed by atoms with Crippen molar-refractivity contribution < 1.29 is 18.7 Å². The first-order valence-corrected chi connectivity index (χ1v) is 11.4. The number of halogens is 1. The second kappa shape index (κ2) is 12.0. The van der Waals surface area contributed by atoms with Crippen LogP contribution in [0, 0.1) is 19.7 Å². The topological polar surface area (TPSA) is 58.6 Å². The van der Waals surface area contributed by atoms with Crippen molar-refractivity contribution in [3.63, 3.8) is 0 Å². The van der Waals surface area contributed by atoms with Crippen LogP contribution in [0.3, 0.4) is 0 Å². The lowest BCUT2D eigenvalue weighted by atomic mass is 10.0. The minimum absolute atomic E-state index is 0.157. The molecule has 0 aliphatic rings. The molecule has 0 heterocycles. The van der Waals surface area contributed by atoms with E-state index in [1.165, 1.54) is 17.0 Å². The highest BCUT2D eigenvalue weighted by molar-refractivity contribution is 5.88. The van der Waals surface area contributed by atoms with Crippen molar-refractivity contribution in [1.29, 1.82) is 0 Å². The van der Waals surface area contributed by atoms with Gasteiger partial charge < -0.3 is 15.0 Å². The standard InChI is InChI=1S/C28H31FN2O3/c1-4-30-28(33)25(17-22-8-6-5-7-9-22)31(18-23-11-13-24(29)14-12-23)27(32)19-34-26-15-10-20(2)16-21(26)3/h5-16,25H,4,17-19H2,1-3H3,(H,30,33). The van der Waals surface area contributed by atoms with E-state index in [1.807, 2.05) is 69.3 Å². The van der Waals surface area contributed by atoms with Crippen molar-refractivity contribution in [1.82, 2.24) is 10.2 Å². The number of aryl methyl sites for hydroxylation is 2. The number of nitrogens with zero attached hydrogens (tertiary/aromatic N) is 1. The molecule has 0 aliphatic carbocycles. The second-order valence-electron chi connectivity index (χ2n) is 8.31. The van der Waals surface area contributed by atoms with Crippen molar-refractivity contribution in [3.8, 4) is 5.75 Å². The Hall–Kier alpha value is -3.67. The lowest BCUT2D eigenvalue weighted by Crippen LogP contribution is -2.51. The van der Waals surface area contributed by atoms with Crippen LogP contribution in [0.25, 0.3) is 0 Å². The summed E-state index contributed by atoms with van der Waals surface area (Å²) in [4.78, 5) is 28.1. The van der Waals surface area contributed by atoms with Crippen LogP contribution in [0.2, 0.25) is 0 Å². The van der Waals surface area contributed by atoms with Gasteiger partial charge in [0.2, 0.25) is 5.91 Å². The quantitative estimate of drug-likeness (QED) is 0.479. The highest BCUT2D eigenvalue weighted by Crippen LogP contribution is 2.20. The molecule has 0 spiro atoms. The van der Waals surface area contributed by atoms with Crippen molar-refractivity contribution in [2.24, 2.45) is 0 Å². The molecule has 0 radical (unpaired) electrons. The molecule has 1 unspecified atom stereocenters. The van der Waals surface area contributed by atoms with Crippen LogP contribution in [0.15, 0.2) is 72.8 Å².